The Bertz CT molecular complexity index is 996. The van der Waals surface area contributed by atoms with Gasteiger partial charge in [-0.05, 0) is 31.4 Å². The van der Waals surface area contributed by atoms with Gasteiger partial charge in [0.05, 0.1) is 18.6 Å². The predicted molar refractivity (Wildman–Crippen MR) is 103 cm³/mol. The lowest BCUT2D eigenvalue weighted by Crippen LogP contribution is -2.19. The van der Waals surface area contributed by atoms with E-state index in [-0.39, 0.29) is 17.3 Å². The van der Waals surface area contributed by atoms with E-state index in [9.17, 15) is 9.59 Å². The molecular weight excluding hydrogens is 364 g/mol. The van der Waals surface area contributed by atoms with Gasteiger partial charge in [-0.15, -0.1) is 5.10 Å². The third-order valence-corrected chi connectivity index (χ3v) is 5.66. The number of methoxy groups -OCH3 is 1. The number of aromatic nitrogens is 4. The smallest absolute Gasteiger partial charge is 0.316 e. The average Bonchev–Trinajstić information content (AvgIpc) is 2.87. The molecule has 0 fully saturated rings. The Labute approximate surface area is 160 Å². The van der Waals surface area contributed by atoms with Crippen molar-refractivity contribution in [1.29, 1.82) is 0 Å². The molecule has 0 amide bonds. The molecule has 7 nitrogen and oxygen atoms in total. The molecule has 27 heavy (non-hydrogen) atoms. The number of hydrogen-bond donors (Lipinski definition) is 0. The first-order chi connectivity index (χ1) is 13.2. The van der Waals surface area contributed by atoms with Crippen LogP contribution in [0.1, 0.15) is 25.0 Å². The number of fused-ring (bicyclic) bond motifs is 3. The molecular formula is C19H20N4O3S. The van der Waals surface area contributed by atoms with Crippen molar-refractivity contribution in [3.05, 3.63) is 46.4 Å². The Morgan fingerprint density at radius 1 is 1.22 bits per heavy atom. The Kier molecular flexibility index (Phi) is 4.98. The molecule has 0 atom stereocenters. The maximum atomic E-state index is 13.1. The van der Waals surface area contributed by atoms with Crippen LogP contribution in [-0.2, 0) is 22.5 Å². The van der Waals surface area contributed by atoms with E-state index in [1.807, 2.05) is 30.3 Å². The van der Waals surface area contributed by atoms with Gasteiger partial charge in [-0.1, -0.05) is 36.4 Å². The molecule has 8 heteroatoms. The van der Waals surface area contributed by atoms with E-state index in [0.717, 1.165) is 43.6 Å². The van der Waals surface area contributed by atoms with E-state index in [4.69, 9.17) is 4.74 Å². The summed E-state index contributed by atoms with van der Waals surface area (Å²) in [5, 5.41) is 5.19. The highest BCUT2D eigenvalue weighted by Crippen LogP contribution is 2.30. The summed E-state index contributed by atoms with van der Waals surface area (Å²) in [5.74, 6) is 0.312. The minimum absolute atomic E-state index is 0.140. The van der Waals surface area contributed by atoms with Crippen molar-refractivity contribution in [1.82, 2.24) is 19.3 Å². The molecule has 3 aliphatic heterocycles. The van der Waals surface area contributed by atoms with Gasteiger partial charge in [-0.25, -0.2) is 4.98 Å². The molecule has 3 heterocycles. The number of para-hydroxylation sites is 1. The second-order valence-corrected chi connectivity index (χ2v) is 7.36. The maximum Gasteiger partial charge on any atom is 0.316 e. The molecule has 0 radical (unpaired) electrons. The Morgan fingerprint density at radius 2 is 2.04 bits per heavy atom. The van der Waals surface area contributed by atoms with Crippen molar-refractivity contribution in [3.63, 3.8) is 0 Å². The average molecular weight is 384 g/mol. The fraction of sp³-hybridized carbons (Fsp3) is 0.368. The Hall–Kier alpha value is -2.61. The van der Waals surface area contributed by atoms with Crippen LogP contribution in [0.5, 0.6) is 0 Å². The van der Waals surface area contributed by atoms with Crippen molar-refractivity contribution >= 4 is 17.7 Å². The Balaban J connectivity index is 1.88. The van der Waals surface area contributed by atoms with E-state index in [0.29, 0.717) is 16.5 Å². The number of thioether (sulfide) groups is 1. The SMILES string of the molecule is COC(=O)CSc1nc2nn(-c3ccccc3)c(=O)c-2c2n1CCCCC2. The van der Waals surface area contributed by atoms with Gasteiger partial charge < -0.3 is 9.30 Å². The predicted octanol–water partition coefficient (Wildman–Crippen LogP) is 2.53. The molecule has 0 spiro atoms. The zero-order chi connectivity index (χ0) is 18.8. The highest BCUT2D eigenvalue weighted by molar-refractivity contribution is 7.99. The number of ether oxygens (including phenoxy) is 1. The minimum Gasteiger partial charge on any atom is -0.468 e. The first kappa shape index (κ1) is 17.8. The standard InChI is InChI=1S/C19H20N4O3S/c1-26-15(24)12-27-19-20-17-16(14-10-6-3-7-11-22(14)19)18(25)23(21-17)13-8-4-2-5-9-13/h2,4-5,8-9H,3,6-7,10-12H2,1H3. The normalized spacial score (nSPS) is 14.0. The number of rotatable bonds is 4. The van der Waals surface area contributed by atoms with Crippen molar-refractivity contribution in [2.45, 2.75) is 37.4 Å². The molecule has 0 unspecified atom stereocenters. The fourth-order valence-electron chi connectivity index (χ4n) is 3.39. The zero-order valence-electron chi connectivity index (χ0n) is 15.1. The summed E-state index contributed by atoms with van der Waals surface area (Å²) >= 11 is 1.33. The first-order valence-corrected chi connectivity index (χ1v) is 9.95. The van der Waals surface area contributed by atoms with Gasteiger partial charge in [-0.3, -0.25) is 9.59 Å². The fourth-order valence-corrected chi connectivity index (χ4v) is 4.26. The third-order valence-electron chi connectivity index (χ3n) is 4.71. The molecule has 140 valence electrons. The van der Waals surface area contributed by atoms with Crippen molar-refractivity contribution < 1.29 is 9.53 Å². The molecule has 3 aliphatic rings. The molecule has 0 aliphatic carbocycles. The third kappa shape index (κ3) is 3.37. The summed E-state index contributed by atoms with van der Waals surface area (Å²) in [4.78, 5) is 29.3. The summed E-state index contributed by atoms with van der Waals surface area (Å²) in [7, 11) is 1.37. The van der Waals surface area contributed by atoms with E-state index in [1.54, 1.807) is 0 Å². The van der Waals surface area contributed by atoms with Crippen LogP contribution in [0, 0.1) is 0 Å². The first-order valence-electron chi connectivity index (χ1n) is 8.96. The molecule has 1 aromatic rings. The minimum atomic E-state index is -0.302. The lowest BCUT2D eigenvalue weighted by atomic mass is 10.1. The number of benzene rings is 1. The van der Waals surface area contributed by atoms with Crippen molar-refractivity contribution in [2.24, 2.45) is 0 Å². The van der Waals surface area contributed by atoms with Crippen LogP contribution in [0.25, 0.3) is 17.1 Å². The summed E-state index contributed by atoms with van der Waals surface area (Å²) in [6.07, 6.45) is 3.96. The Morgan fingerprint density at radius 3 is 2.81 bits per heavy atom. The number of carbonyl (C=O) groups is 1. The van der Waals surface area contributed by atoms with Gasteiger partial charge in [0.25, 0.3) is 5.56 Å². The lowest BCUT2D eigenvalue weighted by molar-refractivity contribution is -0.137. The van der Waals surface area contributed by atoms with Gasteiger partial charge in [-0.2, -0.15) is 4.68 Å². The van der Waals surface area contributed by atoms with Gasteiger partial charge in [0.2, 0.25) is 0 Å². The van der Waals surface area contributed by atoms with E-state index >= 15 is 0 Å². The van der Waals surface area contributed by atoms with E-state index < -0.39 is 0 Å². The highest BCUT2D eigenvalue weighted by atomic mass is 32.2. The van der Waals surface area contributed by atoms with Gasteiger partial charge in [0.1, 0.15) is 5.56 Å². The van der Waals surface area contributed by atoms with E-state index in [2.05, 4.69) is 14.6 Å². The maximum absolute atomic E-state index is 13.1. The molecule has 0 aromatic heterocycles. The topological polar surface area (TPSA) is 79.0 Å². The van der Waals surface area contributed by atoms with E-state index in [1.165, 1.54) is 23.6 Å². The highest BCUT2D eigenvalue weighted by Gasteiger charge is 2.27. The van der Waals surface area contributed by atoms with Crippen LogP contribution in [0.2, 0.25) is 0 Å². The van der Waals surface area contributed by atoms with Crippen LogP contribution in [0.4, 0.5) is 0 Å². The number of hydrogen-bond acceptors (Lipinski definition) is 6. The quantitative estimate of drug-likeness (QED) is 0.391. The lowest BCUT2D eigenvalue weighted by Gasteiger charge is -2.17. The molecule has 0 saturated heterocycles. The van der Waals surface area contributed by atoms with Crippen molar-refractivity contribution in [3.8, 4) is 17.1 Å². The van der Waals surface area contributed by atoms with Crippen LogP contribution < -0.4 is 5.56 Å². The molecule has 0 saturated carbocycles. The molecule has 4 rings (SSSR count). The van der Waals surface area contributed by atoms with Crippen LogP contribution in [0.15, 0.2) is 40.3 Å². The molecule has 1 aromatic carbocycles. The number of esters is 1. The van der Waals surface area contributed by atoms with Crippen LogP contribution >= 0.6 is 11.8 Å². The summed E-state index contributed by atoms with van der Waals surface area (Å²) in [6.45, 7) is 0.789. The van der Waals surface area contributed by atoms with Crippen molar-refractivity contribution in [2.75, 3.05) is 12.9 Å². The monoisotopic (exact) mass is 384 g/mol. The number of carbonyl (C=O) groups excluding carboxylic acids is 1. The summed E-state index contributed by atoms with van der Waals surface area (Å²) in [6, 6.07) is 9.36. The largest absolute Gasteiger partial charge is 0.468 e. The van der Waals surface area contributed by atoms with Gasteiger partial charge in [0.15, 0.2) is 11.0 Å². The summed E-state index contributed by atoms with van der Waals surface area (Å²) < 4.78 is 8.24. The number of nitrogens with zero attached hydrogens (tertiary/aromatic N) is 4. The van der Waals surface area contributed by atoms with Crippen LogP contribution in [-0.4, -0.2) is 38.2 Å². The molecule has 0 N–H and O–H groups in total. The summed E-state index contributed by atoms with van der Waals surface area (Å²) in [5.41, 5.74) is 2.13. The van der Waals surface area contributed by atoms with Crippen LogP contribution in [0.3, 0.4) is 0 Å². The second-order valence-electron chi connectivity index (χ2n) is 6.42. The zero-order valence-corrected chi connectivity index (χ0v) is 15.9. The van der Waals surface area contributed by atoms with Gasteiger partial charge in [0, 0.05) is 12.2 Å². The second kappa shape index (κ2) is 7.56. The van der Waals surface area contributed by atoms with Gasteiger partial charge >= 0.3 is 5.97 Å². The molecule has 0 bridgehead atoms.